The Balaban J connectivity index is 0.897. The summed E-state index contributed by atoms with van der Waals surface area (Å²) in [4.78, 5) is 5.01. The number of rotatable bonds is 8. The van der Waals surface area contributed by atoms with E-state index in [2.05, 4.69) is 325 Å². The lowest BCUT2D eigenvalue weighted by atomic mass is 9.84. The molecule has 4 nitrogen and oxygen atoms in total. The van der Waals surface area contributed by atoms with E-state index in [0.717, 1.165) is 148 Å². The van der Waals surface area contributed by atoms with Crippen LogP contribution in [0.1, 0.15) is 0 Å². The normalized spacial score (nSPS) is 12.0. The highest BCUT2D eigenvalue weighted by molar-refractivity contribution is 6.34. The molecule has 2 aromatic heterocycles. The van der Waals surface area contributed by atoms with Crippen LogP contribution in [-0.2, 0) is 0 Å². The summed E-state index contributed by atoms with van der Waals surface area (Å²) in [5.74, 6) is 0. The lowest BCUT2D eigenvalue weighted by Gasteiger charge is -2.32. The fourth-order valence-electron chi connectivity index (χ4n) is 15.2. The van der Waals surface area contributed by atoms with Crippen LogP contribution in [-0.4, -0.2) is 0 Å². The first-order valence-corrected chi connectivity index (χ1v) is 30.9. The Morgan fingerprint density at radius 1 is 0.200 bits per heavy atom. The van der Waals surface area contributed by atoms with Gasteiger partial charge in [0.1, 0.15) is 22.3 Å². The highest BCUT2D eigenvalue weighted by Gasteiger charge is 2.30. The van der Waals surface area contributed by atoms with Crippen LogP contribution in [0, 0.1) is 0 Å². The second-order valence-corrected chi connectivity index (χ2v) is 23.7. The predicted octanol–water partition coefficient (Wildman–Crippen LogP) is 25.0. The molecule has 4 heteroatoms. The average molecular weight is 1150 g/mol. The van der Waals surface area contributed by atoms with Gasteiger partial charge in [-0.25, -0.2) is 0 Å². The number of nitrogens with zero attached hydrogens (tertiary/aromatic N) is 2. The van der Waals surface area contributed by atoms with Crippen LogP contribution >= 0.6 is 0 Å². The minimum atomic E-state index is 0.841. The van der Waals surface area contributed by atoms with Gasteiger partial charge in [-0.3, -0.25) is 0 Å². The van der Waals surface area contributed by atoms with E-state index in [0.29, 0.717) is 0 Å². The number of hydrogen-bond acceptors (Lipinski definition) is 4. The SMILES string of the molecule is c1ccc(-c2ccc(N(c3c4ccccc4c(-c4c5ccccc5c(N(c5ccccc5)c5cc6oc7ccc8ccccc8c7c6c6ccccc56)c5ccccc45)c4ccccc34)c3cc4oc5ccc6ccccc6c5c4c4ccccc34)cc2)cc1. The van der Waals surface area contributed by atoms with Crippen molar-refractivity contribution in [2.75, 3.05) is 9.80 Å². The maximum absolute atomic E-state index is 7.06. The molecule has 2 heterocycles. The first kappa shape index (κ1) is 50.2. The van der Waals surface area contributed by atoms with Gasteiger partial charge < -0.3 is 18.6 Å². The molecular formula is C86H52N2O2. The largest absolute Gasteiger partial charge is 0.456 e. The van der Waals surface area contributed by atoms with Crippen LogP contribution < -0.4 is 9.80 Å². The Bertz CT molecular complexity index is 6050. The molecule has 0 saturated heterocycles. The van der Waals surface area contributed by atoms with Gasteiger partial charge >= 0.3 is 0 Å². The van der Waals surface area contributed by atoms with E-state index >= 15 is 0 Å². The minimum Gasteiger partial charge on any atom is -0.456 e. The first-order chi connectivity index (χ1) is 44.7. The van der Waals surface area contributed by atoms with Crippen LogP contribution in [0.3, 0.4) is 0 Å². The Labute approximate surface area is 517 Å². The molecule has 0 N–H and O–H groups in total. The smallest absolute Gasteiger partial charge is 0.138 e. The maximum atomic E-state index is 7.06. The molecule has 90 heavy (non-hydrogen) atoms. The van der Waals surface area contributed by atoms with Gasteiger partial charge in [-0.1, -0.05) is 267 Å². The zero-order chi connectivity index (χ0) is 59.0. The van der Waals surface area contributed by atoms with Gasteiger partial charge in [0.25, 0.3) is 0 Å². The Morgan fingerprint density at radius 3 is 0.911 bits per heavy atom. The molecule has 19 rings (SSSR count). The molecular weight excluding hydrogens is 1090 g/mol. The van der Waals surface area contributed by atoms with Gasteiger partial charge in [0.15, 0.2) is 0 Å². The number of para-hydroxylation sites is 1. The van der Waals surface area contributed by atoms with Gasteiger partial charge in [-0.2, -0.15) is 0 Å². The first-order valence-electron chi connectivity index (χ1n) is 30.9. The van der Waals surface area contributed by atoms with Crippen molar-refractivity contribution in [1.29, 1.82) is 0 Å². The molecule has 0 saturated carbocycles. The van der Waals surface area contributed by atoms with Crippen molar-refractivity contribution in [2.24, 2.45) is 0 Å². The number of hydrogen-bond donors (Lipinski definition) is 0. The zero-order valence-electron chi connectivity index (χ0n) is 48.7. The second-order valence-electron chi connectivity index (χ2n) is 23.7. The van der Waals surface area contributed by atoms with Crippen molar-refractivity contribution >= 4 is 164 Å². The van der Waals surface area contributed by atoms with Crippen molar-refractivity contribution in [3.05, 3.63) is 315 Å². The highest BCUT2D eigenvalue weighted by atomic mass is 16.3. The van der Waals surface area contributed by atoms with Gasteiger partial charge in [-0.05, 0) is 113 Å². The molecule has 0 aliphatic carbocycles. The van der Waals surface area contributed by atoms with Crippen molar-refractivity contribution in [2.45, 2.75) is 0 Å². The van der Waals surface area contributed by atoms with E-state index in [-0.39, 0.29) is 0 Å². The van der Waals surface area contributed by atoms with Crippen LogP contribution in [0.25, 0.3) is 152 Å². The van der Waals surface area contributed by atoms with E-state index in [1.54, 1.807) is 0 Å². The van der Waals surface area contributed by atoms with Crippen LogP contribution in [0.15, 0.2) is 324 Å². The average Bonchev–Trinajstić information content (AvgIpc) is 1.19. The summed E-state index contributed by atoms with van der Waals surface area (Å²) in [5.41, 5.74) is 14.4. The standard InChI is InChI=1S/C86H52N2O2/c1-3-23-53(24-4-1)54-43-47-58(48-44-54)88(74-52-78-84(64-34-14-12-32-62(64)74)82-60-30-10-8-26-56(60)46-50-76(82)90-78)86-71-41-21-17-37-67(71)80(68-38-18-22-42-72(68)86)79-65-35-15-19-39-69(65)85(70-40-20-16-36-66(70)79)87(57-27-5-2-6-28-57)73-51-77-83(63-33-13-11-31-61(63)73)81-59-29-9-7-25-55(59)45-49-75(81)89-77/h1-52H. The number of benzene rings is 17. The van der Waals surface area contributed by atoms with Gasteiger partial charge in [0.05, 0.1) is 22.7 Å². The Morgan fingerprint density at radius 2 is 0.500 bits per heavy atom. The minimum absolute atomic E-state index is 0.841. The summed E-state index contributed by atoms with van der Waals surface area (Å²) in [6, 6.07) is 115. The molecule has 0 spiro atoms. The quantitative estimate of drug-likeness (QED) is 0.142. The molecule has 418 valence electrons. The summed E-state index contributed by atoms with van der Waals surface area (Å²) >= 11 is 0. The monoisotopic (exact) mass is 1140 g/mol. The van der Waals surface area contributed by atoms with E-state index < -0.39 is 0 Å². The highest BCUT2D eigenvalue weighted by Crippen LogP contribution is 2.56. The summed E-state index contributed by atoms with van der Waals surface area (Å²) in [7, 11) is 0. The summed E-state index contributed by atoms with van der Waals surface area (Å²) in [6.07, 6.45) is 0. The predicted molar refractivity (Wildman–Crippen MR) is 381 cm³/mol. The number of furan rings is 2. The van der Waals surface area contributed by atoms with Gasteiger partial charge in [-0.15, -0.1) is 0 Å². The molecule has 0 amide bonds. The van der Waals surface area contributed by atoms with Crippen molar-refractivity contribution in [3.63, 3.8) is 0 Å². The third kappa shape index (κ3) is 7.43. The zero-order valence-corrected chi connectivity index (χ0v) is 48.7. The molecule has 0 aliphatic rings. The molecule has 0 bridgehead atoms. The molecule has 0 radical (unpaired) electrons. The van der Waals surface area contributed by atoms with Crippen molar-refractivity contribution < 1.29 is 8.83 Å². The topological polar surface area (TPSA) is 32.8 Å². The maximum Gasteiger partial charge on any atom is 0.138 e. The van der Waals surface area contributed by atoms with Crippen molar-refractivity contribution in [1.82, 2.24) is 0 Å². The van der Waals surface area contributed by atoms with Gasteiger partial charge in [0.2, 0.25) is 0 Å². The Hall–Kier alpha value is -12.0. The molecule has 0 atom stereocenters. The van der Waals surface area contributed by atoms with Crippen molar-refractivity contribution in [3.8, 4) is 22.3 Å². The van der Waals surface area contributed by atoms with Crippen LogP contribution in [0.4, 0.5) is 34.1 Å². The van der Waals surface area contributed by atoms with E-state index in [4.69, 9.17) is 8.83 Å². The lowest BCUT2D eigenvalue weighted by molar-refractivity contribution is 0.669. The van der Waals surface area contributed by atoms with E-state index in [1.165, 1.54) is 38.2 Å². The number of fused-ring (bicyclic) bond motifs is 18. The third-order valence-corrected chi connectivity index (χ3v) is 18.9. The van der Waals surface area contributed by atoms with Gasteiger partial charge in [0, 0.05) is 77.4 Å². The Kier molecular flexibility index (Phi) is 11.0. The molecule has 17 aromatic carbocycles. The fourth-order valence-corrected chi connectivity index (χ4v) is 15.2. The third-order valence-electron chi connectivity index (χ3n) is 18.9. The second kappa shape index (κ2) is 19.8. The molecule has 0 fully saturated rings. The van der Waals surface area contributed by atoms with E-state index in [9.17, 15) is 0 Å². The van der Waals surface area contributed by atoms with Crippen LogP contribution in [0.2, 0.25) is 0 Å². The van der Waals surface area contributed by atoms with E-state index in [1.807, 2.05) is 0 Å². The summed E-state index contributed by atoms with van der Waals surface area (Å²) in [5, 5.41) is 22.9. The number of anilines is 6. The summed E-state index contributed by atoms with van der Waals surface area (Å²) < 4.78 is 14.1. The fraction of sp³-hybridized carbons (Fsp3) is 0. The summed E-state index contributed by atoms with van der Waals surface area (Å²) in [6.45, 7) is 0. The molecule has 0 aliphatic heterocycles. The lowest BCUT2D eigenvalue weighted by Crippen LogP contribution is -2.13. The van der Waals surface area contributed by atoms with Crippen LogP contribution in [0.5, 0.6) is 0 Å². The molecule has 19 aromatic rings. The molecule has 0 unspecified atom stereocenters.